The van der Waals surface area contributed by atoms with Crippen LogP contribution >= 0.6 is 11.8 Å². The minimum absolute atomic E-state index is 0.280. The summed E-state index contributed by atoms with van der Waals surface area (Å²) in [6.45, 7) is 0. The number of halogens is 1. The Kier molecular flexibility index (Phi) is 4.82. The molecule has 3 rings (SSSR count). The Morgan fingerprint density at radius 3 is 2.70 bits per heavy atom. The van der Waals surface area contributed by atoms with Crippen LogP contribution < -0.4 is 4.74 Å². The highest BCUT2D eigenvalue weighted by Crippen LogP contribution is 2.30. The Bertz CT molecular complexity index is 669. The molecule has 0 bridgehead atoms. The molecule has 0 aliphatic carbocycles. The van der Waals surface area contributed by atoms with Crippen LogP contribution in [-0.4, -0.2) is 49.8 Å². The summed E-state index contributed by atoms with van der Waals surface area (Å²) in [4.78, 5) is 4.02. The number of thioether (sulfide) groups is 1. The number of aromatic nitrogens is 1. The average molecular weight is 337 g/mol. The van der Waals surface area contributed by atoms with E-state index in [1.165, 1.54) is 17.8 Å². The smallest absolute Gasteiger partial charge is 0.173 e. The third-order valence-corrected chi connectivity index (χ3v) is 4.80. The standard InChI is InChI=1S/C16H16FNO4S/c17-10-4-5-12(18-7-10)9-2-1-3-11(6-9)22-16-15(21)14(20)13(19)8-23-16/h1-7,13-16,19-21H,8H2/t13-,14+,15-,16-/m1/s1. The number of aliphatic hydroxyl groups excluding tert-OH is 3. The van der Waals surface area contributed by atoms with Crippen molar-refractivity contribution in [2.75, 3.05) is 5.75 Å². The molecule has 0 spiro atoms. The fourth-order valence-electron chi connectivity index (χ4n) is 2.29. The first kappa shape index (κ1) is 16.2. The van der Waals surface area contributed by atoms with Gasteiger partial charge in [0.2, 0.25) is 0 Å². The van der Waals surface area contributed by atoms with Gasteiger partial charge in [0.25, 0.3) is 0 Å². The van der Waals surface area contributed by atoms with Gasteiger partial charge in [-0.1, -0.05) is 12.1 Å². The van der Waals surface area contributed by atoms with Crippen LogP contribution in [-0.2, 0) is 0 Å². The van der Waals surface area contributed by atoms with E-state index in [-0.39, 0.29) is 5.75 Å². The maximum Gasteiger partial charge on any atom is 0.173 e. The number of hydrogen-bond acceptors (Lipinski definition) is 6. The van der Waals surface area contributed by atoms with Crippen molar-refractivity contribution in [1.82, 2.24) is 4.98 Å². The van der Waals surface area contributed by atoms with Gasteiger partial charge in [-0.2, -0.15) is 0 Å². The molecular weight excluding hydrogens is 321 g/mol. The molecule has 1 aliphatic heterocycles. The van der Waals surface area contributed by atoms with Gasteiger partial charge < -0.3 is 20.1 Å². The van der Waals surface area contributed by atoms with Crippen LogP contribution in [0.15, 0.2) is 42.6 Å². The van der Waals surface area contributed by atoms with E-state index in [9.17, 15) is 19.7 Å². The summed E-state index contributed by atoms with van der Waals surface area (Å²) >= 11 is 1.23. The number of aliphatic hydroxyl groups is 3. The van der Waals surface area contributed by atoms with Gasteiger partial charge in [-0.3, -0.25) is 4.98 Å². The summed E-state index contributed by atoms with van der Waals surface area (Å²) < 4.78 is 18.7. The fourth-order valence-corrected chi connectivity index (χ4v) is 3.41. The molecular formula is C16H16FNO4S. The van der Waals surface area contributed by atoms with E-state index in [1.54, 1.807) is 24.3 Å². The molecule has 0 unspecified atom stereocenters. The molecule has 1 fully saturated rings. The second kappa shape index (κ2) is 6.84. The first-order chi connectivity index (χ1) is 11.0. The first-order valence-corrected chi connectivity index (χ1v) is 8.14. The second-order valence-electron chi connectivity index (χ2n) is 5.26. The lowest BCUT2D eigenvalue weighted by molar-refractivity contribution is -0.0786. The summed E-state index contributed by atoms with van der Waals surface area (Å²) in [7, 11) is 0. The molecule has 2 heterocycles. The lowest BCUT2D eigenvalue weighted by Crippen LogP contribution is -2.50. The third kappa shape index (κ3) is 3.64. The lowest BCUT2D eigenvalue weighted by atomic mass is 10.1. The minimum Gasteiger partial charge on any atom is -0.477 e. The van der Waals surface area contributed by atoms with Gasteiger partial charge in [-0.15, -0.1) is 11.8 Å². The average Bonchev–Trinajstić information content (AvgIpc) is 2.56. The summed E-state index contributed by atoms with van der Waals surface area (Å²) in [6.07, 6.45) is -2.24. The van der Waals surface area contributed by atoms with Crippen LogP contribution in [0, 0.1) is 5.82 Å². The Balaban J connectivity index is 1.76. The molecule has 4 atom stereocenters. The Morgan fingerprint density at radius 1 is 1.13 bits per heavy atom. The zero-order chi connectivity index (χ0) is 16.4. The van der Waals surface area contributed by atoms with Crippen LogP contribution in [0.1, 0.15) is 0 Å². The Labute approximate surface area is 136 Å². The van der Waals surface area contributed by atoms with Crippen molar-refractivity contribution in [3.05, 3.63) is 48.4 Å². The molecule has 1 saturated heterocycles. The summed E-state index contributed by atoms with van der Waals surface area (Å²) in [6, 6.07) is 9.92. The van der Waals surface area contributed by atoms with Crippen LogP contribution in [0.5, 0.6) is 5.75 Å². The van der Waals surface area contributed by atoms with E-state index in [0.717, 1.165) is 11.8 Å². The normalized spacial score (nSPS) is 27.7. The predicted molar refractivity (Wildman–Crippen MR) is 84.5 cm³/mol. The molecule has 7 heteroatoms. The monoisotopic (exact) mass is 337 g/mol. The molecule has 1 aromatic heterocycles. The summed E-state index contributed by atoms with van der Waals surface area (Å²) in [5.41, 5.74) is 0.673. The zero-order valence-corrected chi connectivity index (χ0v) is 12.9. The van der Waals surface area contributed by atoms with Crippen LogP contribution in [0.3, 0.4) is 0 Å². The number of rotatable bonds is 3. The van der Waals surface area contributed by atoms with Crippen molar-refractivity contribution in [3.8, 4) is 17.0 Å². The van der Waals surface area contributed by atoms with E-state index in [1.807, 2.05) is 6.07 Å². The van der Waals surface area contributed by atoms with Crippen molar-refractivity contribution in [3.63, 3.8) is 0 Å². The van der Waals surface area contributed by atoms with E-state index in [2.05, 4.69) is 4.98 Å². The summed E-state index contributed by atoms with van der Waals surface area (Å²) in [5.74, 6) is 0.367. The van der Waals surface area contributed by atoms with Gasteiger partial charge >= 0.3 is 0 Å². The molecule has 5 nitrogen and oxygen atoms in total. The number of ether oxygens (including phenoxy) is 1. The van der Waals surface area contributed by atoms with E-state index in [0.29, 0.717) is 11.4 Å². The Morgan fingerprint density at radius 2 is 1.96 bits per heavy atom. The summed E-state index contributed by atoms with van der Waals surface area (Å²) in [5, 5.41) is 29.2. The van der Waals surface area contributed by atoms with Crippen LogP contribution in [0.25, 0.3) is 11.3 Å². The molecule has 0 amide bonds. The topological polar surface area (TPSA) is 82.8 Å². The SMILES string of the molecule is O[C@@H]1[C@@H](O)[C@H](Oc2cccc(-c3ccc(F)cn3)c2)SC[C@H]1O. The predicted octanol–water partition coefficient (Wildman–Crippen LogP) is 1.42. The molecule has 0 saturated carbocycles. The number of nitrogens with zero attached hydrogens (tertiary/aromatic N) is 1. The highest BCUT2D eigenvalue weighted by Gasteiger charge is 2.38. The fraction of sp³-hybridized carbons (Fsp3) is 0.312. The molecule has 122 valence electrons. The van der Waals surface area contributed by atoms with Crippen molar-refractivity contribution < 1.29 is 24.4 Å². The maximum absolute atomic E-state index is 12.9. The van der Waals surface area contributed by atoms with Gasteiger partial charge in [0.1, 0.15) is 23.8 Å². The molecule has 2 aromatic rings. The van der Waals surface area contributed by atoms with Crippen molar-refractivity contribution in [1.29, 1.82) is 0 Å². The van der Waals surface area contributed by atoms with Gasteiger partial charge in [0.05, 0.1) is 18.0 Å². The van der Waals surface area contributed by atoms with Crippen molar-refractivity contribution in [2.45, 2.75) is 23.7 Å². The third-order valence-electron chi connectivity index (χ3n) is 3.56. The van der Waals surface area contributed by atoms with Crippen LogP contribution in [0.2, 0.25) is 0 Å². The number of benzene rings is 1. The quantitative estimate of drug-likeness (QED) is 0.786. The van der Waals surface area contributed by atoms with E-state index in [4.69, 9.17) is 4.74 Å². The largest absolute Gasteiger partial charge is 0.477 e. The first-order valence-electron chi connectivity index (χ1n) is 7.09. The number of pyridine rings is 1. The molecule has 23 heavy (non-hydrogen) atoms. The molecule has 3 N–H and O–H groups in total. The van der Waals surface area contributed by atoms with Gasteiger partial charge in [-0.25, -0.2) is 4.39 Å². The van der Waals surface area contributed by atoms with E-state index < -0.39 is 29.6 Å². The number of hydrogen-bond donors (Lipinski definition) is 3. The van der Waals surface area contributed by atoms with Gasteiger partial charge in [-0.05, 0) is 24.3 Å². The second-order valence-corrected chi connectivity index (χ2v) is 6.39. The van der Waals surface area contributed by atoms with Crippen molar-refractivity contribution >= 4 is 11.8 Å². The minimum atomic E-state index is -1.23. The zero-order valence-electron chi connectivity index (χ0n) is 12.0. The molecule has 1 aliphatic rings. The van der Waals surface area contributed by atoms with E-state index >= 15 is 0 Å². The van der Waals surface area contributed by atoms with Crippen LogP contribution in [0.4, 0.5) is 4.39 Å². The maximum atomic E-state index is 12.9. The van der Waals surface area contributed by atoms with Gasteiger partial charge in [0, 0.05) is 11.3 Å². The molecule has 1 aromatic carbocycles. The highest BCUT2D eigenvalue weighted by atomic mass is 32.2. The lowest BCUT2D eigenvalue weighted by Gasteiger charge is -2.34. The van der Waals surface area contributed by atoms with Gasteiger partial charge in [0.15, 0.2) is 5.44 Å². The Hall–Kier alpha value is -1.67. The molecule has 0 radical (unpaired) electrons. The van der Waals surface area contributed by atoms with Crippen molar-refractivity contribution in [2.24, 2.45) is 0 Å². The highest BCUT2D eigenvalue weighted by molar-refractivity contribution is 7.99.